The number of aromatic nitrogens is 1. The van der Waals surface area contributed by atoms with Crippen molar-refractivity contribution in [3.63, 3.8) is 0 Å². The molecular formula is C11H9ClN2O2S. The molecule has 0 spiro atoms. The number of rotatable bonds is 4. The van der Waals surface area contributed by atoms with Crippen LogP contribution in [0, 0.1) is 0 Å². The van der Waals surface area contributed by atoms with Crippen molar-refractivity contribution in [1.29, 1.82) is 0 Å². The molecule has 0 radical (unpaired) electrons. The van der Waals surface area contributed by atoms with E-state index in [9.17, 15) is 4.79 Å². The summed E-state index contributed by atoms with van der Waals surface area (Å²) in [7, 11) is 0. The fraction of sp³-hybridized carbons (Fsp3) is 0.0909. The van der Waals surface area contributed by atoms with Crippen LogP contribution in [0.25, 0.3) is 0 Å². The number of aromatic carboxylic acids is 1. The molecule has 0 bridgehead atoms. The van der Waals surface area contributed by atoms with E-state index in [4.69, 9.17) is 16.7 Å². The highest BCUT2D eigenvalue weighted by Crippen LogP contribution is 2.21. The zero-order chi connectivity index (χ0) is 12.3. The number of halogens is 1. The molecule has 0 atom stereocenters. The minimum atomic E-state index is -1.03. The second-order valence-corrected chi connectivity index (χ2v) is 4.61. The third kappa shape index (κ3) is 2.95. The number of nitrogens with one attached hydrogen (secondary N) is 1. The Kier molecular flexibility index (Phi) is 3.61. The van der Waals surface area contributed by atoms with Crippen LogP contribution in [0.5, 0.6) is 0 Å². The first-order valence-electron chi connectivity index (χ1n) is 4.82. The van der Waals surface area contributed by atoms with E-state index < -0.39 is 5.97 Å². The molecule has 0 saturated heterocycles. The summed E-state index contributed by atoms with van der Waals surface area (Å²) in [5.41, 5.74) is 2.54. The Morgan fingerprint density at radius 2 is 2.35 bits per heavy atom. The van der Waals surface area contributed by atoms with Crippen molar-refractivity contribution in [2.45, 2.75) is 6.54 Å². The number of anilines is 1. The molecule has 0 fully saturated rings. The van der Waals surface area contributed by atoms with Gasteiger partial charge in [-0.1, -0.05) is 23.7 Å². The van der Waals surface area contributed by atoms with Crippen molar-refractivity contribution in [2.75, 3.05) is 5.32 Å². The number of nitrogens with zero attached hydrogens (tertiary/aromatic N) is 1. The molecule has 2 rings (SSSR count). The summed E-state index contributed by atoms with van der Waals surface area (Å²) in [5.74, 6) is -1.03. The van der Waals surface area contributed by atoms with Gasteiger partial charge in [0.1, 0.15) is 5.00 Å². The quantitative estimate of drug-likeness (QED) is 0.894. The van der Waals surface area contributed by atoms with Crippen LogP contribution < -0.4 is 5.32 Å². The predicted octanol–water partition coefficient (Wildman–Crippen LogP) is 3.11. The summed E-state index contributed by atoms with van der Waals surface area (Å²) in [6, 6.07) is 7.39. The van der Waals surface area contributed by atoms with Crippen molar-refractivity contribution in [3.05, 3.63) is 46.1 Å². The van der Waals surface area contributed by atoms with Crippen LogP contribution in [0.15, 0.2) is 29.8 Å². The second-order valence-electron chi connectivity index (χ2n) is 3.32. The Morgan fingerprint density at radius 3 is 3.06 bits per heavy atom. The van der Waals surface area contributed by atoms with E-state index in [1.165, 1.54) is 16.8 Å². The van der Waals surface area contributed by atoms with Crippen LogP contribution >= 0.6 is 22.9 Å². The molecule has 17 heavy (non-hydrogen) atoms. The maximum Gasteiger partial charge on any atom is 0.357 e. The average molecular weight is 269 g/mol. The van der Waals surface area contributed by atoms with Crippen molar-refractivity contribution in [2.24, 2.45) is 0 Å². The van der Waals surface area contributed by atoms with E-state index in [0.29, 0.717) is 16.6 Å². The van der Waals surface area contributed by atoms with E-state index in [1.54, 1.807) is 6.07 Å². The number of hydrogen-bond donors (Lipinski definition) is 2. The smallest absolute Gasteiger partial charge is 0.357 e. The molecule has 0 aliphatic carbocycles. The van der Waals surface area contributed by atoms with Crippen molar-refractivity contribution < 1.29 is 9.90 Å². The van der Waals surface area contributed by atoms with Gasteiger partial charge in [0.05, 0.1) is 5.51 Å². The molecular weight excluding hydrogens is 260 g/mol. The third-order valence-corrected chi connectivity index (χ3v) is 3.13. The number of thiazole rings is 1. The van der Waals surface area contributed by atoms with E-state index in [2.05, 4.69) is 10.3 Å². The standard InChI is InChI=1S/C11H9ClN2O2S/c12-8-3-1-2-7(4-8)5-13-10-9(11(15)16)14-6-17-10/h1-4,6,13H,5H2,(H,15,16). The minimum absolute atomic E-state index is 0.0528. The number of carboxylic acid groups (broad SMARTS) is 1. The first-order valence-corrected chi connectivity index (χ1v) is 6.07. The van der Waals surface area contributed by atoms with Gasteiger partial charge in [0.2, 0.25) is 0 Å². The summed E-state index contributed by atoms with van der Waals surface area (Å²) >= 11 is 7.12. The monoisotopic (exact) mass is 268 g/mol. The van der Waals surface area contributed by atoms with Crippen LogP contribution in [0.2, 0.25) is 5.02 Å². The van der Waals surface area contributed by atoms with Crippen LogP contribution in [-0.4, -0.2) is 16.1 Å². The van der Waals surface area contributed by atoms with E-state index in [1.807, 2.05) is 18.2 Å². The highest BCUT2D eigenvalue weighted by Gasteiger charge is 2.12. The van der Waals surface area contributed by atoms with E-state index in [0.717, 1.165) is 5.56 Å². The first-order chi connectivity index (χ1) is 8.16. The maximum absolute atomic E-state index is 10.8. The molecule has 0 unspecified atom stereocenters. The molecule has 2 N–H and O–H groups in total. The van der Waals surface area contributed by atoms with Crippen molar-refractivity contribution in [1.82, 2.24) is 4.98 Å². The SMILES string of the molecule is O=C(O)c1ncsc1NCc1cccc(Cl)c1. The summed E-state index contributed by atoms with van der Waals surface area (Å²) in [4.78, 5) is 14.6. The maximum atomic E-state index is 10.8. The molecule has 1 aromatic heterocycles. The Morgan fingerprint density at radius 1 is 1.53 bits per heavy atom. The van der Waals surface area contributed by atoms with E-state index >= 15 is 0 Å². The second kappa shape index (κ2) is 5.16. The lowest BCUT2D eigenvalue weighted by Gasteiger charge is -2.04. The van der Waals surface area contributed by atoms with Gasteiger partial charge in [-0.25, -0.2) is 9.78 Å². The highest BCUT2D eigenvalue weighted by atomic mass is 35.5. The Balaban J connectivity index is 2.07. The fourth-order valence-corrected chi connectivity index (χ4v) is 2.24. The minimum Gasteiger partial charge on any atom is -0.476 e. The molecule has 4 nitrogen and oxygen atoms in total. The molecule has 1 aromatic carbocycles. The highest BCUT2D eigenvalue weighted by molar-refractivity contribution is 7.14. The summed E-state index contributed by atoms with van der Waals surface area (Å²) in [6.45, 7) is 0.517. The topological polar surface area (TPSA) is 62.2 Å². The zero-order valence-electron chi connectivity index (χ0n) is 8.68. The van der Waals surface area contributed by atoms with Crippen LogP contribution in [0.1, 0.15) is 16.1 Å². The molecule has 1 heterocycles. The van der Waals surface area contributed by atoms with Gasteiger partial charge in [-0.3, -0.25) is 0 Å². The van der Waals surface area contributed by atoms with Crippen LogP contribution in [0.3, 0.4) is 0 Å². The molecule has 0 amide bonds. The third-order valence-electron chi connectivity index (χ3n) is 2.11. The van der Waals surface area contributed by atoms with Gasteiger partial charge in [-0.05, 0) is 17.7 Å². The Hall–Kier alpha value is -1.59. The number of carboxylic acids is 1. The molecule has 0 aliphatic heterocycles. The van der Waals surface area contributed by atoms with Gasteiger partial charge in [-0.2, -0.15) is 0 Å². The Bertz CT molecular complexity index is 542. The molecule has 0 saturated carbocycles. The lowest BCUT2D eigenvalue weighted by atomic mass is 10.2. The van der Waals surface area contributed by atoms with Gasteiger partial charge >= 0.3 is 5.97 Å². The lowest BCUT2D eigenvalue weighted by molar-refractivity contribution is 0.0692. The van der Waals surface area contributed by atoms with Gasteiger partial charge < -0.3 is 10.4 Å². The lowest BCUT2D eigenvalue weighted by Crippen LogP contribution is -2.04. The molecule has 2 aromatic rings. The Labute approximate surface area is 107 Å². The summed E-state index contributed by atoms with van der Waals surface area (Å²) < 4.78 is 0. The zero-order valence-corrected chi connectivity index (χ0v) is 10.3. The molecule has 88 valence electrons. The van der Waals surface area contributed by atoms with Gasteiger partial charge in [-0.15, -0.1) is 11.3 Å². The average Bonchev–Trinajstić information content (AvgIpc) is 2.74. The van der Waals surface area contributed by atoms with Crippen LogP contribution in [0.4, 0.5) is 5.00 Å². The van der Waals surface area contributed by atoms with Crippen molar-refractivity contribution in [3.8, 4) is 0 Å². The normalized spacial score (nSPS) is 10.2. The van der Waals surface area contributed by atoms with Gasteiger partial charge in [0.25, 0.3) is 0 Å². The van der Waals surface area contributed by atoms with Gasteiger partial charge in [0, 0.05) is 11.6 Å². The molecule has 6 heteroatoms. The van der Waals surface area contributed by atoms with Gasteiger partial charge in [0.15, 0.2) is 5.69 Å². The molecule has 0 aliphatic rings. The first kappa shape index (κ1) is 11.9. The summed E-state index contributed by atoms with van der Waals surface area (Å²) in [5, 5.41) is 13.1. The predicted molar refractivity (Wildman–Crippen MR) is 67.9 cm³/mol. The number of carbonyl (C=O) groups is 1. The van der Waals surface area contributed by atoms with Crippen molar-refractivity contribution >= 4 is 33.9 Å². The number of benzene rings is 1. The number of hydrogen-bond acceptors (Lipinski definition) is 4. The largest absolute Gasteiger partial charge is 0.476 e. The van der Waals surface area contributed by atoms with Crippen LogP contribution in [-0.2, 0) is 6.54 Å². The fourth-order valence-electron chi connectivity index (χ4n) is 1.35. The summed E-state index contributed by atoms with van der Waals surface area (Å²) in [6.07, 6.45) is 0. The van der Waals surface area contributed by atoms with E-state index in [-0.39, 0.29) is 5.69 Å².